The Kier molecular flexibility index (Phi) is 4.73. The zero-order valence-corrected chi connectivity index (χ0v) is 10.5. The minimum Gasteiger partial charge on any atom is -0.392 e. The Labute approximate surface area is 107 Å². The predicted molar refractivity (Wildman–Crippen MR) is 69.8 cm³/mol. The van der Waals surface area contributed by atoms with Gasteiger partial charge >= 0.3 is 0 Å². The average molecular weight is 248 g/mol. The van der Waals surface area contributed by atoms with E-state index in [0.29, 0.717) is 6.54 Å². The van der Waals surface area contributed by atoms with Gasteiger partial charge in [-0.15, -0.1) is 0 Å². The van der Waals surface area contributed by atoms with Gasteiger partial charge in [-0.05, 0) is 30.5 Å². The largest absolute Gasteiger partial charge is 0.392 e. The van der Waals surface area contributed by atoms with Crippen LogP contribution in [0.1, 0.15) is 24.0 Å². The fourth-order valence-electron chi connectivity index (χ4n) is 2.17. The number of amides is 1. The van der Waals surface area contributed by atoms with Crippen molar-refractivity contribution in [2.75, 3.05) is 13.1 Å². The number of rotatable bonds is 4. The van der Waals surface area contributed by atoms with Crippen molar-refractivity contribution >= 4 is 5.91 Å². The molecule has 0 spiro atoms. The summed E-state index contributed by atoms with van der Waals surface area (Å²) < 4.78 is 0. The van der Waals surface area contributed by atoms with Crippen LogP contribution in [0.3, 0.4) is 0 Å². The molecule has 1 atom stereocenters. The second kappa shape index (κ2) is 6.52. The van der Waals surface area contributed by atoms with Crippen LogP contribution in [-0.2, 0) is 17.9 Å². The van der Waals surface area contributed by atoms with E-state index >= 15 is 0 Å². The van der Waals surface area contributed by atoms with Crippen LogP contribution in [0.4, 0.5) is 0 Å². The fraction of sp³-hybridized carbons (Fsp3) is 0.500. The highest BCUT2D eigenvalue weighted by atomic mass is 16.3. The second-order valence-corrected chi connectivity index (χ2v) is 4.74. The van der Waals surface area contributed by atoms with Gasteiger partial charge in [0, 0.05) is 13.1 Å². The molecule has 1 aliphatic rings. The quantitative estimate of drug-likeness (QED) is 0.738. The van der Waals surface area contributed by atoms with E-state index < -0.39 is 0 Å². The van der Waals surface area contributed by atoms with Crippen molar-refractivity contribution in [3.63, 3.8) is 0 Å². The van der Waals surface area contributed by atoms with Gasteiger partial charge in [0.25, 0.3) is 0 Å². The maximum Gasteiger partial charge on any atom is 0.224 e. The molecule has 1 amide bonds. The number of piperidine rings is 1. The Balaban J connectivity index is 1.80. The van der Waals surface area contributed by atoms with Crippen molar-refractivity contribution in [1.29, 1.82) is 0 Å². The Morgan fingerprint density at radius 2 is 2.06 bits per heavy atom. The summed E-state index contributed by atoms with van der Waals surface area (Å²) in [5.74, 6) is 0.240. The number of nitrogens with one attached hydrogen (secondary N) is 2. The first-order valence-electron chi connectivity index (χ1n) is 6.46. The average Bonchev–Trinajstić information content (AvgIpc) is 2.46. The van der Waals surface area contributed by atoms with Crippen molar-refractivity contribution in [2.45, 2.75) is 26.0 Å². The number of aliphatic hydroxyl groups is 1. The van der Waals surface area contributed by atoms with E-state index in [0.717, 1.165) is 37.1 Å². The second-order valence-electron chi connectivity index (χ2n) is 4.74. The first kappa shape index (κ1) is 13.1. The van der Waals surface area contributed by atoms with Crippen molar-refractivity contribution in [2.24, 2.45) is 5.92 Å². The van der Waals surface area contributed by atoms with Gasteiger partial charge in [0.1, 0.15) is 0 Å². The third kappa shape index (κ3) is 3.55. The van der Waals surface area contributed by atoms with Gasteiger partial charge in [-0.2, -0.15) is 0 Å². The lowest BCUT2D eigenvalue weighted by Crippen LogP contribution is -2.40. The topological polar surface area (TPSA) is 61.4 Å². The van der Waals surface area contributed by atoms with E-state index in [2.05, 4.69) is 10.6 Å². The summed E-state index contributed by atoms with van der Waals surface area (Å²) in [5.41, 5.74) is 1.95. The molecule has 0 aromatic heterocycles. The van der Waals surface area contributed by atoms with Crippen LogP contribution in [0.5, 0.6) is 0 Å². The van der Waals surface area contributed by atoms with E-state index in [1.54, 1.807) is 0 Å². The summed E-state index contributed by atoms with van der Waals surface area (Å²) in [6.07, 6.45) is 2.05. The van der Waals surface area contributed by atoms with Crippen LogP contribution in [0, 0.1) is 5.92 Å². The van der Waals surface area contributed by atoms with Gasteiger partial charge in [0.2, 0.25) is 5.91 Å². The van der Waals surface area contributed by atoms with E-state index in [1.807, 2.05) is 24.3 Å². The number of aliphatic hydroxyl groups excluding tert-OH is 1. The molecule has 2 rings (SSSR count). The molecular formula is C14H20N2O2. The van der Waals surface area contributed by atoms with Crippen molar-refractivity contribution in [3.05, 3.63) is 35.4 Å². The van der Waals surface area contributed by atoms with Gasteiger partial charge in [0.05, 0.1) is 12.5 Å². The van der Waals surface area contributed by atoms with Crippen LogP contribution in [0.25, 0.3) is 0 Å². The highest BCUT2D eigenvalue weighted by molar-refractivity contribution is 5.78. The van der Waals surface area contributed by atoms with E-state index in [9.17, 15) is 4.79 Å². The van der Waals surface area contributed by atoms with Crippen molar-refractivity contribution < 1.29 is 9.90 Å². The molecule has 18 heavy (non-hydrogen) atoms. The molecule has 3 N–H and O–H groups in total. The first-order chi connectivity index (χ1) is 8.79. The van der Waals surface area contributed by atoms with Gasteiger partial charge in [-0.1, -0.05) is 24.3 Å². The molecule has 1 aromatic rings. The molecule has 4 nitrogen and oxygen atoms in total. The molecule has 0 bridgehead atoms. The van der Waals surface area contributed by atoms with Crippen molar-refractivity contribution in [3.8, 4) is 0 Å². The van der Waals surface area contributed by atoms with E-state index in [1.165, 1.54) is 0 Å². The highest BCUT2D eigenvalue weighted by Gasteiger charge is 2.20. The molecule has 1 aromatic carbocycles. The summed E-state index contributed by atoms with van der Waals surface area (Å²) in [6, 6.07) is 7.63. The monoisotopic (exact) mass is 248 g/mol. The molecule has 0 unspecified atom stereocenters. The fourth-order valence-corrected chi connectivity index (χ4v) is 2.17. The van der Waals surface area contributed by atoms with Crippen LogP contribution in [0.2, 0.25) is 0 Å². The van der Waals surface area contributed by atoms with Gasteiger partial charge in [-0.3, -0.25) is 4.79 Å². The summed E-state index contributed by atoms with van der Waals surface area (Å²) in [7, 11) is 0. The van der Waals surface area contributed by atoms with Crippen LogP contribution in [0.15, 0.2) is 24.3 Å². The minimum absolute atomic E-state index is 0.0559. The normalized spacial score (nSPS) is 19.5. The Morgan fingerprint density at radius 3 is 2.67 bits per heavy atom. The Bertz CT molecular complexity index is 383. The number of carbonyl (C=O) groups is 1. The number of carbonyl (C=O) groups excluding carboxylic acids is 1. The third-order valence-corrected chi connectivity index (χ3v) is 3.34. The van der Waals surface area contributed by atoms with Gasteiger partial charge < -0.3 is 15.7 Å². The highest BCUT2D eigenvalue weighted by Crippen LogP contribution is 2.10. The SMILES string of the molecule is O=C(NCc1ccc(CO)cc1)[C@H]1CCCNC1. The van der Waals surface area contributed by atoms with Crippen LogP contribution in [-0.4, -0.2) is 24.1 Å². The molecule has 1 heterocycles. The van der Waals surface area contributed by atoms with Crippen LogP contribution >= 0.6 is 0 Å². The lowest BCUT2D eigenvalue weighted by Gasteiger charge is -2.21. The standard InChI is InChI=1S/C14H20N2O2/c17-10-12-5-3-11(4-6-12)8-16-14(18)13-2-1-7-15-9-13/h3-6,13,15,17H,1-2,7-10H2,(H,16,18)/t13-/m0/s1. The maximum absolute atomic E-state index is 11.9. The lowest BCUT2D eigenvalue weighted by molar-refractivity contribution is -0.125. The Hall–Kier alpha value is -1.39. The molecule has 1 fully saturated rings. The maximum atomic E-state index is 11.9. The molecule has 0 aliphatic carbocycles. The first-order valence-corrected chi connectivity index (χ1v) is 6.46. The van der Waals surface area contributed by atoms with Crippen LogP contribution < -0.4 is 10.6 Å². The van der Waals surface area contributed by atoms with Gasteiger partial charge in [-0.25, -0.2) is 0 Å². The molecule has 98 valence electrons. The summed E-state index contributed by atoms with van der Waals surface area (Å²) in [5, 5.41) is 15.1. The molecule has 0 radical (unpaired) electrons. The number of benzene rings is 1. The van der Waals surface area contributed by atoms with Gasteiger partial charge in [0.15, 0.2) is 0 Å². The lowest BCUT2D eigenvalue weighted by atomic mass is 9.99. The smallest absolute Gasteiger partial charge is 0.224 e. The molecular weight excluding hydrogens is 228 g/mol. The zero-order valence-electron chi connectivity index (χ0n) is 10.5. The summed E-state index contributed by atoms with van der Waals surface area (Å²) in [6.45, 7) is 2.42. The van der Waals surface area contributed by atoms with E-state index in [4.69, 9.17) is 5.11 Å². The predicted octanol–water partition coefficient (Wildman–Crippen LogP) is 0.795. The Morgan fingerprint density at radius 1 is 1.33 bits per heavy atom. The number of hydrogen-bond donors (Lipinski definition) is 3. The molecule has 0 saturated carbocycles. The van der Waals surface area contributed by atoms with Crippen molar-refractivity contribution in [1.82, 2.24) is 10.6 Å². The molecule has 4 heteroatoms. The minimum atomic E-state index is 0.0559. The number of hydrogen-bond acceptors (Lipinski definition) is 3. The van der Waals surface area contributed by atoms with E-state index in [-0.39, 0.29) is 18.4 Å². The summed E-state index contributed by atoms with van der Waals surface area (Å²) >= 11 is 0. The molecule has 1 saturated heterocycles. The summed E-state index contributed by atoms with van der Waals surface area (Å²) in [4.78, 5) is 11.9. The zero-order chi connectivity index (χ0) is 12.8. The molecule has 1 aliphatic heterocycles. The third-order valence-electron chi connectivity index (χ3n) is 3.34.